The summed E-state index contributed by atoms with van der Waals surface area (Å²) >= 11 is 0. The highest BCUT2D eigenvalue weighted by atomic mass is 16.5. The van der Waals surface area contributed by atoms with E-state index >= 15 is 0 Å². The van der Waals surface area contributed by atoms with Crippen molar-refractivity contribution in [2.45, 2.75) is 26.1 Å². The van der Waals surface area contributed by atoms with E-state index in [1.165, 1.54) is 0 Å². The zero-order valence-electron chi connectivity index (χ0n) is 11.8. The number of hydrogen-bond acceptors (Lipinski definition) is 5. The summed E-state index contributed by atoms with van der Waals surface area (Å²) in [6.07, 6.45) is 0.0654. The number of rotatable bonds is 3. The highest BCUT2D eigenvalue weighted by Crippen LogP contribution is 2.28. The molecule has 5 heteroatoms. The van der Waals surface area contributed by atoms with Crippen molar-refractivity contribution in [2.24, 2.45) is 0 Å². The average molecular weight is 261 g/mol. The van der Waals surface area contributed by atoms with Crippen LogP contribution in [0, 0.1) is 25.2 Å². The Morgan fingerprint density at radius 3 is 2.32 bits per heavy atom. The number of aryl methyl sites for hydroxylation is 2. The molecule has 1 aliphatic rings. The smallest absolute Gasteiger partial charge is 0.103 e. The third kappa shape index (κ3) is 2.55. The fraction of sp³-hybridized carbons (Fsp3) is 0.571. The van der Waals surface area contributed by atoms with Gasteiger partial charge in [0, 0.05) is 33.0 Å². The molecular weight excluding hydrogens is 242 g/mol. The third-order valence-electron chi connectivity index (χ3n) is 3.58. The van der Waals surface area contributed by atoms with Crippen LogP contribution in [-0.2, 0) is 9.47 Å². The Kier molecular flexibility index (Phi) is 4.03. The molecule has 0 bridgehead atoms. The summed E-state index contributed by atoms with van der Waals surface area (Å²) in [5, 5.41) is 9.32. The van der Waals surface area contributed by atoms with Crippen molar-refractivity contribution in [3.8, 4) is 6.07 Å². The minimum absolute atomic E-state index is 0.0327. The predicted octanol–water partition coefficient (Wildman–Crippen LogP) is 1.42. The molecule has 0 aromatic carbocycles. The van der Waals surface area contributed by atoms with Crippen LogP contribution in [0.15, 0.2) is 6.07 Å². The van der Waals surface area contributed by atoms with Crippen LogP contribution in [0.3, 0.4) is 0 Å². The Balaban J connectivity index is 2.36. The molecule has 1 aliphatic heterocycles. The minimum Gasteiger partial charge on any atom is -0.377 e. The molecule has 0 spiro atoms. The van der Waals surface area contributed by atoms with Crippen molar-refractivity contribution < 1.29 is 9.47 Å². The van der Waals surface area contributed by atoms with Gasteiger partial charge in [0.05, 0.1) is 16.9 Å². The van der Waals surface area contributed by atoms with Gasteiger partial charge < -0.3 is 14.4 Å². The quantitative estimate of drug-likeness (QED) is 0.823. The first-order valence-corrected chi connectivity index (χ1v) is 6.29. The maximum Gasteiger partial charge on any atom is 0.103 e. The maximum atomic E-state index is 9.32. The second-order valence-electron chi connectivity index (χ2n) is 4.81. The lowest BCUT2D eigenvalue weighted by Gasteiger charge is -2.20. The molecule has 2 rings (SSSR count). The van der Waals surface area contributed by atoms with Gasteiger partial charge in [-0.2, -0.15) is 5.26 Å². The van der Waals surface area contributed by atoms with Crippen LogP contribution in [-0.4, -0.2) is 44.5 Å². The fourth-order valence-corrected chi connectivity index (χ4v) is 2.59. The summed E-state index contributed by atoms with van der Waals surface area (Å²) in [5.41, 5.74) is 3.25. The standard InChI is InChI=1S/C14H19N3O2/c1-9-5-12(11(6-15)10(2)16-9)17-7-13(18-3)14(8-17)19-4/h5,13-14H,7-8H2,1-4H3. The Hall–Kier alpha value is -1.64. The molecule has 19 heavy (non-hydrogen) atoms. The summed E-state index contributed by atoms with van der Waals surface area (Å²) in [6.45, 7) is 5.27. The maximum absolute atomic E-state index is 9.32. The minimum atomic E-state index is 0.0327. The van der Waals surface area contributed by atoms with Gasteiger partial charge in [-0.1, -0.05) is 0 Å². The molecule has 2 unspecified atom stereocenters. The lowest BCUT2D eigenvalue weighted by Crippen LogP contribution is -2.27. The number of aromatic nitrogens is 1. The number of anilines is 1. The van der Waals surface area contributed by atoms with E-state index in [0.29, 0.717) is 5.56 Å². The van der Waals surface area contributed by atoms with Gasteiger partial charge in [0.2, 0.25) is 0 Å². The largest absolute Gasteiger partial charge is 0.377 e. The van der Waals surface area contributed by atoms with Crippen LogP contribution >= 0.6 is 0 Å². The van der Waals surface area contributed by atoms with Gasteiger partial charge in [0.15, 0.2) is 0 Å². The Morgan fingerprint density at radius 2 is 1.84 bits per heavy atom. The van der Waals surface area contributed by atoms with E-state index in [1.54, 1.807) is 14.2 Å². The summed E-state index contributed by atoms with van der Waals surface area (Å²) < 4.78 is 10.9. The lowest BCUT2D eigenvalue weighted by atomic mass is 10.1. The fourth-order valence-electron chi connectivity index (χ4n) is 2.59. The van der Waals surface area contributed by atoms with Crippen molar-refractivity contribution >= 4 is 5.69 Å². The molecule has 0 radical (unpaired) electrons. The molecule has 1 fully saturated rings. The number of methoxy groups -OCH3 is 2. The normalized spacial score (nSPS) is 22.6. The van der Waals surface area contributed by atoms with E-state index in [1.807, 2.05) is 19.9 Å². The van der Waals surface area contributed by atoms with Crippen molar-refractivity contribution in [3.05, 3.63) is 23.0 Å². The molecule has 0 aliphatic carbocycles. The van der Waals surface area contributed by atoms with Gasteiger partial charge in [-0.25, -0.2) is 0 Å². The van der Waals surface area contributed by atoms with Gasteiger partial charge in [-0.05, 0) is 19.9 Å². The number of nitrogens with zero attached hydrogens (tertiary/aromatic N) is 3. The second kappa shape index (κ2) is 5.55. The molecule has 1 aromatic rings. The number of nitriles is 1. The van der Waals surface area contributed by atoms with E-state index in [0.717, 1.165) is 30.2 Å². The highest BCUT2D eigenvalue weighted by Gasteiger charge is 2.34. The van der Waals surface area contributed by atoms with Crippen LogP contribution < -0.4 is 4.90 Å². The van der Waals surface area contributed by atoms with Gasteiger partial charge in [-0.15, -0.1) is 0 Å². The first-order chi connectivity index (χ1) is 9.10. The lowest BCUT2D eigenvalue weighted by molar-refractivity contribution is -0.00461. The molecule has 0 amide bonds. The zero-order chi connectivity index (χ0) is 14.0. The Bertz CT molecular complexity index is 498. The van der Waals surface area contributed by atoms with Gasteiger partial charge in [0.1, 0.15) is 18.3 Å². The first kappa shape index (κ1) is 13.8. The molecular formula is C14H19N3O2. The number of hydrogen-bond donors (Lipinski definition) is 0. The summed E-state index contributed by atoms with van der Waals surface area (Å²) in [5.74, 6) is 0. The van der Waals surface area contributed by atoms with Crippen molar-refractivity contribution in [3.63, 3.8) is 0 Å². The first-order valence-electron chi connectivity index (χ1n) is 6.29. The number of ether oxygens (including phenoxy) is 2. The van der Waals surface area contributed by atoms with Crippen LogP contribution in [0.4, 0.5) is 5.69 Å². The van der Waals surface area contributed by atoms with Crippen LogP contribution in [0.1, 0.15) is 17.0 Å². The van der Waals surface area contributed by atoms with E-state index in [-0.39, 0.29) is 12.2 Å². The summed E-state index contributed by atoms with van der Waals surface area (Å²) in [4.78, 5) is 6.48. The van der Waals surface area contributed by atoms with E-state index in [2.05, 4.69) is 16.0 Å². The van der Waals surface area contributed by atoms with Crippen molar-refractivity contribution in [1.29, 1.82) is 5.26 Å². The van der Waals surface area contributed by atoms with Gasteiger partial charge in [0.25, 0.3) is 0 Å². The predicted molar refractivity (Wildman–Crippen MR) is 72.2 cm³/mol. The highest BCUT2D eigenvalue weighted by molar-refractivity contribution is 5.62. The molecule has 2 heterocycles. The molecule has 1 saturated heterocycles. The molecule has 102 valence electrons. The molecule has 5 nitrogen and oxygen atoms in total. The Morgan fingerprint density at radius 1 is 1.26 bits per heavy atom. The third-order valence-corrected chi connectivity index (χ3v) is 3.58. The molecule has 2 atom stereocenters. The van der Waals surface area contributed by atoms with Crippen molar-refractivity contribution in [1.82, 2.24) is 4.98 Å². The average Bonchev–Trinajstić information content (AvgIpc) is 2.81. The summed E-state index contributed by atoms with van der Waals surface area (Å²) in [6, 6.07) is 4.20. The Labute approximate surface area is 113 Å². The van der Waals surface area contributed by atoms with Crippen molar-refractivity contribution in [2.75, 3.05) is 32.2 Å². The van der Waals surface area contributed by atoms with Crippen LogP contribution in [0.25, 0.3) is 0 Å². The second-order valence-corrected chi connectivity index (χ2v) is 4.81. The van der Waals surface area contributed by atoms with Gasteiger partial charge in [-0.3, -0.25) is 4.98 Å². The SMILES string of the molecule is COC1CN(c2cc(C)nc(C)c2C#N)CC1OC. The van der Waals surface area contributed by atoms with Gasteiger partial charge >= 0.3 is 0 Å². The van der Waals surface area contributed by atoms with Crippen LogP contribution in [0.2, 0.25) is 0 Å². The van der Waals surface area contributed by atoms with E-state index in [9.17, 15) is 5.26 Å². The molecule has 0 saturated carbocycles. The van der Waals surface area contributed by atoms with E-state index in [4.69, 9.17) is 9.47 Å². The zero-order valence-corrected chi connectivity index (χ0v) is 11.8. The number of pyridine rings is 1. The topological polar surface area (TPSA) is 58.4 Å². The molecule has 1 aromatic heterocycles. The van der Waals surface area contributed by atoms with Crippen LogP contribution in [0.5, 0.6) is 0 Å². The summed E-state index contributed by atoms with van der Waals surface area (Å²) in [7, 11) is 3.38. The van der Waals surface area contributed by atoms with E-state index < -0.39 is 0 Å². The monoisotopic (exact) mass is 261 g/mol. The molecule has 0 N–H and O–H groups in total.